The van der Waals surface area contributed by atoms with E-state index in [-0.39, 0.29) is 31.3 Å². The van der Waals surface area contributed by atoms with Gasteiger partial charge in [-0.05, 0) is 54.1 Å². The normalized spacial score (nSPS) is 11.8. The first-order valence-corrected chi connectivity index (χ1v) is 14.6. The molecule has 44 heavy (non-hydrogen) atoms. The van der Waals surface area contributed by atoms with Crippen molar-refractivity contribution in [3.05, 3.63) is 120 Å². The third-order valence-corrected chi connectivity index (χ3v) is 6.78. The lowest BCUT2D eigenvalue weighted by Gasteiger charge is -2.27. The lowest BCUT2D eigenvalue weighted by Crippen LogP contribution is -2.39. The van der Waals surface area contributed by atoms with Crippen LogP contribution in [0.1, 0.15) is 22.6 Å². The van der Waals surface area contributed by atoms with Gasteiger partial charge in [-0.2, -0.15) is 0 Å². The summed E-state index contributed by atoms with van der Waals surface area (Å²) in [5.41, 5.74) is 4.17. The molecule has 11 nitrogen and oxygen atoms in total. The van der Waals surface area contributed by atoms with Gasteiger partial charge in [-0.3, -0.25) is 34.3 Å². The van der Waals surface area contributed by atoms with Crippen molar-refractivity contribution in [3.63, 3.8) is 0 Å². The second-order valence-electron chi connectivity index (χ2n) is 10.4. The number of pyridine rings is 3. The van der Waals surface area contributed by atoms with Gasteiger partial charge in [0.25, 0.3) is 0 Å². The van der Waals surface area contributed by atoms with E-state index in [1.54, 1.807) is 42.9 Å². The number of carbonyl (C=O) groups is 2. The molecule has 4 N–H and O–H groups in total. The van der Waals surface area contributed by atoms with E-state index in [0.29, 0.717) is 38.4 Å². The number of hydrogen-bond donors (Lipinski definition) is 4. The molecular formula is C33H39N7O4. The highest BCUT2D eigenvalue weighted by molar-refractivity contribution is 5.92. The molecule has 0 fully saturated rings. The number of aliphatic hydroxyl groups is 2. The summed E-state index contributed by atoms with van der Waals surface area (Å²) >= 11 is 0. The summed E-state index contributed by atoms with van der Waals surface area (Å²) in [6, 6.07) is 24.6. The predicted molar refractivity (Wildman–Crippen MR) is 167 cm³/mol. The van der Waals surface area contributed by atoms with Crippen LogP contribution >= 0.6 is 0 Å². The number of benzene rings is 1. The van der Waals surface area contributed by atoms with Crippen molar-refractivity contribution < 1.29 is 19.8 Å². The molecule has 0 spiro atoms. The number of anilines is 1. The Morgan fingerprint density at radius 1 is 0.705 bits per heavy atom. The van der Waals surface area contributed by atoms with E-state index >= 15 is 0 Å². The minimum Gasteiger partial charge on any atom is -0.394 e. The van der Waals surface area contributed by atoms with Crippen LogP contribution in [-0.2, 0) is 35.6 Å². The maximum absolute atomic E-state index is 13.2. The van der Waals surface area contributed by atoms with Gasteiger partial charge in [0.2, 0.25) is 11.8 Å². The van der Waals surface area contributed by atoms with E-state index in [1.807, 2.05) is 54.6 Å². The minimum absolute atomic E-state index is 0.0114. The number of rotatable bonds is 17. The maximum Gasteiger partial charge on any atom is 0.238 e. The molecule has 3 heterocycles. The van der Waals surface area contributed by atoms with Crippen molar-refractivity contribution in [2.24, 2.45) is 0 Å². The fourth-order valence-corrected chi connectivity index (χ4v) is 4.53. The molecule has 4 aromatic rings. The molecule has 230 valence electrons. The Morgan fingerprint density at radius 3 is 1.73 bits per heavy atom. The summed E-state index contributed by atoms with van der Waals surface area (Å²) in [7, 11) is 0. The molecule has 1 atom stereocenters. The summed E-state index contributed by atoms with van der Waals surface area (Å²) in [6.07, 6.45) is 4.46. The summed E-state index contributed by atoms with van der Waals surface area (Å²) in [6.45, 7) is 2.83. The quantitative estimate of drug-likeness (QED) is 0.144. The van der Waals surface area contributed by atoms with Gasteiger partial charge in [0.15, 0.2) is 0 Å². The molecule has 11 heteroatoms. The summed E-state index contributed by atoms with van der Waals surface area (Å²) in [4.78, 5) is 43.1. The number of amides is 2. The molecule has 0 saturated carbocycles. The smallest absolute Gasteiger partial charge is 0.238 e. The Bertz CT molecular complexity index is 1370. The van der Waals surface area contributed by atoms with Gasteiger partial charge in [0.05, 0.1) is 42.8 Å². The van der Waals surface area contributed by atoms with E-state index in [2.05, 4.69) is 35.4 Å². The zero-order valence-corrected chi connectivity index (χ0v) is 24.6. The van der Waals surface area contributed by atoms with Gasteiger partial charge in [-0.15, -0.1) is 0 Å². The molecule has 0 bridgehead atoms. The first kappa shape index (κ1) is 32.4. The van der Waals surface area contributed by atoms with E-state index in [9.17, 15) is 14.7 Å². The van der Waals surface area contributed by atoms with Crippen molar-refractivity contribution in [2.75, 3.05) is 38.1 Å². The average molecular weight is 598 g/mol. The molecule has 1 unspecified atom stereocenters. The lowest BCUT2D eigenvalue weighted by molar-refractivity contribution is -0.121. The summed E-state index contributed by atoms with van der Waals surface area (Å²) < 4.78 is 0. The number of nitrogens with zero attached hydrogens (tertiary/aromatic N) is 5. The highest BCUT2D eigenvalue weighted by Gasteiger charge is 2.16. The third-order valence-electron chi connectivity index (χ3n) is 6.78. The van der Waals surface area contributed by atoms with Gasteiger partial charge in [-0.25, -0.2) is 0 Å². The molecule has 0 aliphatic heterocycles. The highest BCUT2D eigenvalue weighted by Crippen LogP contribution is 2.12. The van der Waals surface area contributed by atoms with Crippen molar-refractivity contribution in [3.8, 4) is 0 Å². The lowest BCUT2D eigenvalue weighted by atomic mass is 10.1. The first-order chi connectivity index (χ1) is 21.5. The zero-order chi connectivity index (χ0) is 31.0. The topological polar surface area (TPSA) is 144 Å². The molecule has 3 aromatic heterocycles. The van der Waals surface area contributed by atoms with Crippen LogP contribution in [-0.4, -0.2) is 85.7 Å². The molecule has 1 aromatic carbocycles. The van der Waals surface area contributed by atoms with E-state index < -0.39 is 12.7 Å². The molecule has 4 rings (SSSR count). The van der Waals surface area contributed by atoms with Gasteiger partial charge in [-0.1, -0.05) is 30.3 Å². The first-order valence-electron chi connectivity index (χ1n) is 14.6. The monoisotopic (exact) mass is 597 g/mol. The van der Waals surface area contributed by atoms with Crippen LogP contribution in [0.2, 0.25) is 0 Å². The Labute approximate surface area is 257 Å². The molecule has 0 aliphatic carbocycles. The van der Waals surface area contributed by atoms with Crippen LogP contribution in [0.25, 0.3) is 0 Å². The molecular weight excluding hydrogens is 558 g/mol. The largest absolute Gasteiger partial charge is 0.394 e. The maximum atomic E-state index is 13.2. The predicted octanol–water partition coefficient (Wildman–Crippen LogP) is 2.03. The van der Waals surface area contributed by atoms with Crippen LogP contribution in [0.3, 0.4) is 0 Å². The number of nitrogens with one attached hydrogen (secondary N) is 2. The third kappa shape index (κ3) is 11.6. The SMILES string of the molecule is O=C(Cc1ccc(NC(=O)CN(CCN(Cc2ccccn2)Cc2ccccn2)Cc2ccccn2)cc1)NCC(O)CO. The number of aromatic nitrogens is 3. The Morgan fingerprint density at radius 2 is 1.23 bits per heavy atom. The molecule has 0 saturated heterocycles. The number of aliphatic hydroxyl groups excluding tert-OH is 2. The fourth-order valence-electron chi connectivity index (χ4n) is 4.53. The standard InChI is InChI=1S/C33H39N7O4/c41-25-31(42)20-37-32(43)19-26-10-12-27(13-11-26)38-33(44)24-40(23-30-9-3-6-16-36-30)18-17-39(21-28-7-1-4-14-34-28)22-29-8-2-5-15-35-29/h1-16,31,41-42H,17-25H2,(H,37,43)(H,38,44). The summed E-state index contributed by atoms with van der Waals surface area (Å²) in [5.74, 6) is -0.426. The molecule has 0 radical (unpaired) electrons. The molecule has 0 aliphatic rings. The van der Waals surface area contributed by atoms with Crippen molar-refractivity contribution in [1.29, 1.82) is 0 Å². The average Bonchev–Trinajstić information content (AvgIpc) is 3.04. The molecule has 2 amide bonds. The van der Waals surface area contributed by atoms with E-state index in [1.165, 1.54) is 0 Å². The van der Waals surface area contributed by atoms with Crippen LogP contribution in [0, 0.1) is 0 Å². The highest BCUT2D eigenvalue weighted by atomic mass is 16.3. The Balaban J connectivity index is 1.37. The van der Waals surface area contributed by atoms with Crippen LogP contribution in [0.5, 0.6) is 0 Å². The van der Waals surface area contributed by atoms with Crippen LogP contribution in [0.4, 0.5) is 5.69 Å². The van der Waals surface area contributed by atoms with Crippen molar-refractivity contribution in [1.82, 2.24) is 30.1 Å². The van der Waals surface area contributed by atoms with Crippen molar-refractivity contribution in [2.45, 2.75) is 32.2 Å². The zero-order valence-electron chi connectivity index (χ0n) is 24.6. The van der Waals surface area contributed by atoms with Gasteiger partial charge in [0, 0.05) is 63.5 Å². The minimum atomic E-state index is -0.987. The summed E-state index contributed by atoms with van der Waals surface area (Å²) in [5, 5.41) is 23.8. The number of carbonyl (C=O) groups excluding carboxylic acids is 2. The second-order valence-corrected chi connectivity index (χ2v) is 10.4. The van der Waals surface area contributed by atoms with Gasteiger partial charge >= 0.3 is 0 Å². The van der Waals surface area contributed by atoms with Crippen LogP contribution in [0.15, 0.2) is 97.5 Å². The Hall–Kier alpha value is -4.55. The van der Waals surface area contributed by atoms with E-state index in [0.717, 1.165) is 22.6 Å². The Kier molecular flexibility index (Phi) is 12.9. The van der Waals surface area contributed by atoms with E-state index in [4.69, 9.17) is 5.11 Å². The van der Waals surface area contributed by atoms with Gasteiger partial charge in [0.1, 0.15) is 0 Å². The van der Waals surface area contributed by atoms with Crippen LogP contribution < -0.4 is 10.6 Å². The fraction of sp³-hybridized carbons (Fsp3) is 0.303. The van der Waals surface area contributed by atoms with Crippen molar-refractivity contribution >= 4 is 17.5 Å². The second kappa shape index (κ2) is 17.5. The number of hydrogen-bond acceptors (Lipinski definition) is 9. The van der Waals surface area contributed by atoms with Gasteiger partial charge < -0.3 is 20.8 Å².